The Balaban J connectivity index is 2.17. The molecule has 1 fully saturated rings. The quantitative estimate of drug-likeness (QED) is 0.697. The summed E-state index contributed by atoms with van der Waals surface area (Å²) >= 11 is 0. The summed E-state index contributed by atoms with van der Waals surface area (Å²) < 4.78 is 12.8. The minimum absolute atomic E-state index is 0.300. The molecule has 0 spiro atoms. The van der Waals surface area contributed by atoms with Crippen LogP contribution in [0.3, 0.4) is 0 Å². The van der Waals surface area contributed by atoms with Gasteiger partial charge in [0.15, 0.2) is 0 Å². The van der Waals surface area contributed by atoms with Crippen LogP contribution in [0, 0.1) is 11.8 Å². The molecular formula is C10H19FO. The third-order valence-electron chi connectivity index (χ3n) is 2.92. The number of rotatable bonds is 3. The lowest BCUT2D eigenvalue weighted by Crippen LogP contribution is -2.18. The average Bonchev–Trinajstić information content (AvgIpc) is 2.09. The predicted octanol–water partition coefficient (Wildman–Crippen LogP) is 2.53. The molecule has 12 heavy (non-hydrogen) atoms. The van der Waals surface area contributed by atoms with Gasteiger partial charge in [0.05, 0.1) is 6.61 Å². The molecule has 0 bridgehead atoms. The second-order valence-electron chi connectivity index (χ2n) is 4.14. The molecule has 0 heterocycles. The highest BCUT2D eigenvalue weighted by Crippen LogP contribution is 2.31. The van der Waals surface area contributed by atoms with Crippen LogP contribution in [0.5, 0.6) is 0 Å². The van der Waals surface area contributed by atoms with E-state index in [0.717, 1.165) is 18.8 Å². The number of alkyl halides is 1. The normalized spacial score (nSPS) is 33.2. The Morgan fingerprint density at radius 2 is 1.92 bits per heavy atom. The van der Waals surface area contributed by atoms with Crippen LogP contribution in [-0.4, -0.2) is 17.9 Å². The van der Waals surface area contributed by atoms with Crippen LogP contribution in [0.1, 0.15) is 39.0 Å². The van der Waals surface area contributed by atoms with Crippen LogP contribution in [0.25, 0.3) is 0 Å². The predicted molar refractivity (Wildman–Crippen MR) is 47.7 cm³/mol. The van der Waals surface area contributed by atoms with Gasteiger partial charge in [-0.15, -0.1) is 0 Å². The van der Waals surface area contributed by atoms with Gasteiger partial charge in [-0.2, -0.15) is 0 Å². The van der Waals surface area contributed by atoms with Crippen LogP contribution < -0.4 is 0 Å². The van der Waals surface area contributed by atoms with Crippen molar-refractivity contribution in [3.8, 4) is 0 Å². The number of aliphatic hydroxyl groups is 1. The second kappa shape index (κ2) is 4.80. The molecule has 1 N–H and O–H groups in total. The summed E-state index contributed by atoms with van der Waals surface area (Å²) in [7, 11) is 0. The van der Waals surface area contributed by atoms with Crippen molar-refractivity contribution in [2.45, 2.75) is 45.2 Å². The Hall–Kier alpha value is -0.110. The van der Waals surface area contributed by atoms with Gasteiger partial charge in [0.1, 0.15) is 6.17 Å². The van der Waals surface area contributed by atoms with E-state index in [0.29, 0.717) is 12.3 Å². The minimum atomic E-state index is -0.983. The lowest BCUT2D eigenvalue weighted by atomic mass is 9.81. The topological polar surface area (TPSA) is 20.2 Å². The van der Waals surface area contributed by atoms with E-state index in [9.17, 15) is 4.39 Å². The molecule has 1 saturated carbocycles. The average molecular weight is 174 g/mol. The van der Waals surface area contributed by atoms with E-state index < -0.39 is 6.17 Å². The Morgan fingerprint density at radius 1 is 1.33 bits per heavy atom. The Labute approximate surface area is 74.0 Å². The summed E-state index contributed by atoms with van der Waals surface area (Å²) in [6.07, 6.45) is 4.38. The summed E-state index contributed by atoms with van der Waals surface area (Å²) in [6.45, 7) is 1.96. The van der Waals surface area contributed by atoms with E-state index in [4.69, 9.17) is 5.11 Å². The first-order valence-corrected chi connectivity index (χ1v) is 4.97. The largest absolute Gasteiger partial charge is 0.393 e. The van der Waals surface area contributed by atoms with E-state index in [-0.39, 0.29) is 6.61 Å². The van der Waals surface area contributed by atoms with Gasteiger partial charge in [0, 0.05) is 0 Å². The fourth-order valence-electron chi connectivity index (χ4n) is 2.00. The van der Waals surface area contributed by atoms with Crippen molar-refractivity contribution >= 4 is 0 Å². The highest BCUT2D eigenvalue weighted by atomic mass is 19.1. The fraction of sp³-hybridized carbons (Fsp3) is 1.00. The molecule has 0 aromatic heterocycles. The lowest BCUT2D eigenvalue weighted by molar-refractivity contribution is 0.136. The highest BCUT2D eigenvalue weighted by molar-refractivity contribution is 4.72. The molecule has 1 nitrogen and oxygen atoms in total. The van der Waals surface area contributed by atoms with Crippen LogP contribution in [-0.2, 0) is 0 Å². The molecule has 0 saturated heterocycles. The van der Waals surface area contributed by atoms with E-state index in [1.165, 1.54) is 12.8 Å². The van der Waals surface area contributed by atoms with Crippen molar-refractivity contribution in [3.63, 3.8) is 0 Å². The number of aliphatic hydroxyl groups excluding tert-OH is 1. The van der Waals surface area contributed by atoms with Gasteiger partial charge in [-0.1, -0.05) is 32.6 Å². The van der Waals surface area contributed by atoms with Gasteiger partial charge >= 0.3 is 0 Å². The van der Waals surface area contributed by atoms with Crippen molar-refractivity contribution in [1.29, 1.82) is 0 Å². The molecule has 72 valence electrons. The first-order chi connectivity index (χ1) is 5.72. The first-order valence-electron chi connectivity index (χ1n) is 4.97. The van der Waals surface area contributed by atoms with Gasteiger partial charge in [0.2, 0.25) is 0 Å². The smallest absolute Gasteiger partial charge is 0.123 e. The summed E-state index contributed by atoms with van der Waals surface area (Å²) in [5, 5.41) is 8.54. The van der Waals surface area contributed by atoms with Crippen molar-refractivity contribution in [2.24, 2.45) is 11.8 Å². The fourth-order valence-corrected chi connectivity index (χ4v) is 2.00. The molecule has 0 radical (unpaired) electrons. The lowest BCUT2D eigenvalue weighted by Gasteiger charge is -2.26. The van der Waals surface area contributed by atoms with Crippen LogP contribution in [0.15, 0.2) is 0 Å². The van der Waals surface area contributed by atoms with Crippen molar-refractivity contribution < 1.29 is 9.50 Å². The van der Waals surface area contributed by atoms with E-state index >= 15 is 0 Å². The summed E-state index contributed by atoms with van der Waals surface area (Å²) in [4.78, 5) is 0. The van der Waals surface area contributed by atoms with Crippen LogP contribution >= 0.6 is 0 Å². The monoisotopic (exact) mass is 174 g/mol. The van der Waals surface area contributed by atoms with Gasteiger partial charge in [0.25, 0.3) is 0 Å². The van der Waals surface area contributed by atoms with Gasteiger partial charge < -0.3 is 5.11 Å². The molecular weight excluding hydrogens is 155 g/mol. The number of hydrogen-bond donors (Lipinski definition) is 1. The van der Waals surface area contributed by atoms with Crippen LogP contribution in [0.4, 0.5) is 4.39 Å². The first kappa shape index (κ1) is 9.97. The zero-order valence-electron chi connectivity index (χ0n) is 7.80. The van der Waals surface area contributed by atoms with E-state index in [1.54, 1.807) is 0 Å². The maximum atomic E-state index is 12.8. The Bertz CT molecular complexity index is 119. The molecule has 1 aliphatic rings. The second-order valence-corrected chi connectivity index (χ2v) is 4.14. The molecule has 1 unspecified atom stereocenters. The Kier molecular flexibility index (Phi) is 3.99. The summed E-state index contributed by atoms with van der Waals surface area (Å²) in [6, 6.07) is 0. The molecule has 0 aromatic carbocycles. The number of hydrogen-bond acceptors (Lipinski definition) is 1. The molecule has 2 heteroatoms. The highest BCUT2D eigenvalue weighted by Gasteiger charge is 2.20. The third kappa shape index (κ3) is 3.10. The molecule has 0 amide bonds. The maximum Gasteiger partial charge on any atom is 0.123 e. The van der Waals surface area contributed by atoms with Gasteiger partial charge in [-0.3, -0.25) is 0 Å². The maximum absolute atomic E-state index is 12.8. The zero-order valence-corrected chi connectivity index (χ0v) is 7.80. The zero-order chi connectivity index (χ0) is 8.97. The van der Waals surface area contributed by atoms with Crippen LogP contribution in [0.2, 0.25) is 0 Å². The van der Waals surface area contributed by atoms with E-state index in [1.807, 2.05) is 0 Å². The van der Waals surface area contributed by atoms with Gasteiger partial charge in [-0.25, -0.2) is 4.39 Å². The Morgan fingerprint density at radius 3 is 2.42 bits per heavy atom. The van der Waals surface area contributed by atoms with Crippen molar-refractivity contribution in [2.75, 3.05) is 6.61 Å². The molecule has 1 rings (SSSR count). The summed E-state index contributed by atoms with van der Waals surface area (Å²) in [5.74, 6) is 1.36. The van der Waals surface area contributed by atoms with Crippen molar-refractivity contribution in [1.82, 2.24) is 0 Å². The third-order valence-corrected chi connectivity index (χ3v) is 2.92. The summed E-state index contributed by atoms with van der Waals surface area (Å²) in [5.41, 5.74) is 0. The minimum Gasteiger partial charge on any atom is -0.393 e. The SMILES string of the molecule is CC1CCC(CC(F)CO)CC1. The molecule has 0 aliphatic heterocycles. The molecule has 1 atom stereocenters. The molecule has 1 aliphatic carbocycles. The number of halogens is 1. The van der Waals surface area contributed by atoms with E-state index in [2.05, 4.69) is 6.92 Å². The van der Waals surface area contributed by atoms with Crippen molar-refractivity contribution in [3.05, 3.63) is 0 Å². The standard InChI is InChI=1S/C10H19FO/c1-8-2-4-9(5-3-8)6-10(11)7-12/h8-10,12H,2-7H2,1H3. The molecule has 0 aromatic rings. The van der Waals surface area contributed by atoms with Gasteiger partial charge in [-0.05, 0) is 18.3 Å².